The molecule has 5 N–H and O–H groups in total. The number of carboxylic acids is 1. The summed E-state index contributed by atoms with van der Waals surface area (Å²) in [6, 6.07) is 16.7. The van der Waals surface area contributed by atoms with Gasteiger partial charge >= 0.3 is 12.1 Å². The van der Waals surface area contributed by atoms with Crippen LogP contribution in [0, 0.1) is 0 Å². The highest BCUT2D eigenvalue weighted by molar-refractivity contribution is 5.89. The van der Waals surface area contributed by atoms with E-state index in [1.165, 1.54) is 6.92 Å². The Hall–Kier alpha value is -4.11. The quantitative estimate of drug-likeness (QED) is 0.321. The zero-order valence-corrected chi connectivity index (χ0v) is 19.1. The van der Waals surface area contributed by atoms with Crippen LogP contribution in [-0.4, -0.2) is 58.0 Å². The third-order valence-electron chi connectivity index (χ3n) is 6.08. The van der Waals surface area contributed by atoms with Crippen molar-refractivity contribution in [3.8, 4) is 11.1 Å². The Balaban J connectivity index is 1.45. The molecule has 3 atom stereocenters. The van der Waals surface area contributed by atoms with Crippen LogP contribution < -0.4 is 10.6 Å². The van der Waals surface area contributed by atoms with E-state index in [4.69, 9.17) is 4.74 Å². The molecule has 0 saturated carbocycles. The summed E-state index contributed by atoms with van der Waals surface area (Å²) >= 11 is 0. The van der Waals surface area contributed by atoms with E-state index in [0.29, 0.717) is 5.69 Å². The van der Waals surface area contributed by atoms with Gasteiger partial charge in [-0.1, -0.05) is 48.5 Å². The summed E-state index contributed by atoms with van der Waals surface area (Å²) in [5.74, 6) is -2.27. The van der Waals surface area contributed by atoms with Gasteiger partial charge in [0.05, 0.1) is 6.10 Å². The van der Waals surface area contributed by atoms with E-state index in [-0.39, 0.29) is 18.9 Å². The number of hydrogen-bond acceptors (Lipinski definition) is 5. The number of carbonyl (C=O) groups is 3. The maximum absolute atomic E-state index is 12.8. The molecule has 1 aliphatic carbocycles. The lowest BCUT2D eigenvalue weighted by molar-refractivity contribution is -0.145. The summed E-state index contributed by atoms with van der Waals surface area (Å²) < 4.78 is 5.53. The van der Waals surface area contributed by atoms with Crippen LogP contribution in [0.15, 0.2) is 66.9 Å². The first kappa shape index (κ1) is 24.0. The molecular formula is C26H27N3O6. The predicted octanol–water partition coefficient (Wildman–Crippen LogP) is 2.41. The number of aromatic amines is 1. The highest BCUT2D eigenvalue weighted by Gasteiger charge is 2.32. The Bertz CT molecular complexity index is 1160. The van der Waals surface area contributed by atoms with Crippen molar-refractivity contribution in [3.63, 3.8) is 0 Å². The van der Waals surface area contributed by atoms with Gasteiger partial charge in [-0.2, -0.15) is 0 Å². The number of carboxylic acid groups (broad SMARTS) is 1. The van der Waals surface area contributed by atoms with Crippen LogP contribution in [0.2, 0.25) is 0 Å². The van der Waals surface area contributed by atoms with E-state index in [2.05, 4.69) is 15.6 Å². The molecule has 2 amide bonds. The lowest BCUT2D eigenvalue weighted by Crippen LogP contribution is -2.55. The van der Waals surface area contributed by atoms with Crippen LogP contribution in [0.1, 0.15) is 29.7 Å². The van der Waals surface area contributed by atoms with Crippen molar-refractivity contribution in [3.05, 3.63) is 83.7 Å². The number of aliphatic hydroxyl groups excluding tert-OH is 1. The highest BCUT2D eigenvalue weighted by Crippen LogP contribution is 2.44. The topological polar surface area (TPSA) is 141 Å². The SMILES string of the molecule is C[C@@H](O)[C@H](NC(=O)C(Cc1ccc[nH]1)NC(=O)OCC1c2ccccc2-c2ccccc21)C(=O)O. The number of alkyl carbamates (subject to hydrolysis) is 1. The standard InChI is InChI=1S/C26H27N3O6/c1-15(30)23(25(32)33)29-24(31)22(13-16-7-6-12-27-16)28-26(34)35-14-21-19-10-4-2-8-17(19)18-9-3-5-11-20(18)21/h2-12,15,21-23,27,30H,13-14H2,1H3,(H,28,34)(H,29,31)(H,32,33)/t15-,22?,23+/m1/s1. The van der Waals surface area contributed by atoms with Crippen LogP contribution in [0.3, 0.4) is 0 Å². The molecule has 35 heavy (non-hydrogen) atoms. The molecule has 0 saturated heterocycles. The largest absolute Gasteiger partial charge is 0.480 e. The average Bonchev–Trinajstić information content (AvgIpc) is 3.46. The van der Waals surface area contributed by atoms with Crippen molar-refractivity contribution >= 4 is 18.0 Å². The first-order chi connectivity index (χ1) is 16.8. The number of aliphatic hydroxyl groups is 1. The minimum absolute atomic E-state index is 0.0716. The Kier molecular flexibility index (Phi) is 7.17. The van der Waals surface area contributed by atoms with Crippen molar-refractivity contribution in [1.82, 2.24) is 15.6 Å². The zero-order chi connectivity index (χ0) is 24.9. The predicted molar refractivity (Wildman–Crippen MR) is 128 cm³/mol. The molecule has 1 unspecified atom stereocenters. The molecule has 1 aromatic heterocycles. The third kappa shape index (κ3) is 5.36. The van der Waals surface area contributed by atoms with E-state index in [9.17, 15) is 24.6 Å². The van der Waals surface area contributed by atoms with E-state index >= 15 is 0 Å². The number of amides is 2. The maximum atomic E-state index is 12.8. The monoisotopic (exact) mass is 477 g/mol. The molecule has 1 aliphatic rings. The second-order valence-corrected chi connectivity index (χ2v) is 8.49. The molecule has 0 aliphatic heterocycles. The fraction of sp³-hybridized carbons (Fsp3) is 0.269. The van der Waals surface area contributed by atoms with E-state index in [1.807, 2.05) is 48.5 Å². The number of H-pyrrole nitrogens is 1. The molecule has 0 bridgehead atoms. The zero-order valence-electron chi connectivity index (χ0n) is 19.1. The fourth-order valence-electron chi connectivity index (χ4n) is 4.35. The lowest BCUT2D eigenvalue weighted by atomic mass is 9.98. The molecule has 9 nitrogen and oxygen atoms in total. The van der Waals surface area contributed by atoms with Crippen LogP contribution in [-0.2, 0) is 20.7 Å². The number of benzene rings is 2. The smallest absolute Gasteiger partial charge is 0.407 e. The van der Waals surface area contributed by atoms with Gasteiger partial charge in [0.1, 0.15) is 12.6 Å². The summed E-state index contributed by atoms with van der Waals surface area (Å²) in [5, 5.41) is 23.8. The molecular weight excluding hydrogens is 450 g/mol. The first-order valence-electron chi connectivity index (χ1n) is 11.3. The summed E-state index contributed by atoms with van der Waals surface area (Å²) in [6.45, 7) is 1.33. The van der Waals surface area contributed by atoms with Gasteiger partial charge in [-0.3, -0.25) is 4.79 Å². The first-order valence-corrected chi connectivity index (χ1v) is 11.3. The van der Waals surface area contributed by atoms with Crippen molar-refractivity contribution in [2.24, 2.45) is 0 Å². The van der Waals surface area contributed by atoms with E-state index in [0.717, 1.165) is 22.3 Å². The summed E-state index contributed by atoms with van der Waals surface area (Å²) in [6.07, 6.45) is -0.373. The number of hydrogen-bond donors (Lipinski definition) is 5. The third-order valence-corrected chi connectivity index (χ3v) is 6.08. The van der Waals surface area contributed by atoms with Gasteiger partial charge in [0.25, 0.3) is 0 Å². The van der Waals surface area contributed by atoms with Crippen molar-refractivity contribution in [2.75, 3.05) is 6.61 Å². The van der Waals surface area contributed by atoms with E-state index < -0.39 is 36.2 Å². The Morgan fingerprint density at radius 1 is 0.971 bits per heavy atom. The average molecular weight is 478 g/mol. The Morgan fingerprint density at radius 2 is 1.60 bits per heavy atom. The Labute approximate surface area is 202 Å². The van der Waals surface area contributed by atoms with Gasteiger partial charge in [0, 0.05) is 24.2 Å². The number of aliphatic carboxylic acids is 1. The number of nitrogens with one attached hydrogen (secondary N) is 3. The molecule has 0 radical (unpaired) electrons. The van der Waals surface area contributed by atoms with Gasteiger partial charge in [-0.05, 0) is 41.3 Å². The van der Waals surface area contributed by atoms with Gasteiger partial charge in [-0.25, -0.2) is 9.59 Å². The van der Waals surface area contributed by atoms with Gasteiger partial charge in [0.2, 0.25) is 5.91 Å². The second-order valence-electron chi connectivity index (χ2n) is 8.49. The number of ether oxygens (including phenoxy) is 1. The van der Waals surface area contributed by atoms with Crippen molar-refractivity contribution in [2.45, 2.75) is 37.5 Å². The molecule has 3 aromatic rings. The van der Waals surface area contributed by atoms with Gasteiger partial charge in [-0.15, -0.1) is 0 Å². The van der Waals surface area contributed by atoms with Gasteiger partial charge < -0.3 is 30.6 Å². The Morgan fingerprint density at radius 3 is 2.14 bits per heavy atom. The summed E-state index contributed by atoms with van der Waals surface area (Å²) in [7, 11) is 0. The number of rotatable bonds is 9. The molecule has 182 valence electrons. The molecule has 0 spiro atoms. The van der Waals surface area contributed by atoms with Crippen LogP contribution in [0.5, 0.6) is 0 Å². The minimum atomic E-state index is -1.52. The fourth-order valence-corrected chi connectivity index (χ4v) is 4.35. The minimum Gasteiger partial charge on any atom is -0.480 e. The number of fused-ring (bicyclic) bond motifs is 3. The van der Waals surface area contributed by atoms with Crippen molar-refractivity contribution < 1.29 is 29.3 Å². The molecule has 2 aromatic carbocycles. The van der Waals surface area contributed by atoms with E-state index in [1.54, 1.807) is 18.3 Å². The summed E-state index contributed by atoms with van der Waals surface area (Å²) in [4.78, 5) is 39.9. The van der Waals surface area contributed by atoms with Crippen LogP contribution in [0.4, 0.5) is 4.79 Å². The number of aromatic nitrogens is 1. The molecule has 1 heterocycles. The van der Waals surface area contributed by atoms with Crippen LogP contribution >= 0.6 is 0 Å². The lowest BCUT2D eigenvalue weighted by Gasteiger charge is -2.23. The molecule has 4 rings (SSSR count). The highest BCUT2D eigenvalue weighted by atomic mass is 16.5. The maximum Gasteiger partial charge on any atom is 0.407 e. The normalized spacial score (nSPS) is 14.8. The molecule has 0 fully saturated rings. The molecule has 9 heteroatoms. The number of carbonyl (C=O) groups excluding carboxylic acids is 2. The summed E-state index contributed by atoms with van der Waals surface area (Å²) in [5.41, 5.74) is 4.97. The van der Waals surface area contributed by atoms with Crippen molar-refractivity contribution in [1.29, 1.82) is 0 Å². The van der Waals surface area contributed by atoms with Gasteiger partial charge in [0.15, 0.2) is 6.04 Å². The van der Waals surface area contributed by atoms with Crippen LogP contribution in [0.25, 0.3) is 11.1 Å². The second kappa shape index (κ2) is 10.4.